The molecule has 2 aromatic rings. The van der Waals surface area contributed by atoms with E-state index in [2.05, 4.69) is 0 Å². The van der Waals surface area contributed by atoms with Crippen molar-refractivity contribution in [1.82, 2.24) is 4.90 Å². The normalized spacial score (nSPS) is 20.5. The second-order valence-corrected chi connectivity index (χ2v) is 9.67. The molecule has 164 valence electrons. The Bertz CT molecular complexity index is 977. The van der Waals surface area contributed by atoms with Crippen LogP contribution in [0.1, 0.15) is 45.2 Å². The van der Waals surface area contributed by atoms with Gasteiger partial charge in [-0.15, -0.1) is 0 Å². The Morgan fingerprint density at radius 3 is 2.19 bits per heavy atom. The number of piperidine rings is 1. The van der Waals surface area contributed by atoms with Crippen LogP contribution in [0.25, 0.3) is 0 Å². The maximum absolute atomic E-state index is 13.5. The summed E-state index contributed by atoms with van der Waals surface area (Å²) in [5.74, 6) is -0.344. The number of carbonyl (C=O) groups is 2. The first-order valence-electron chi connectivity index (χ1n) is 10.4. The van der Waals surface area contributed by atoms with Gasteiger partial charge in [0.25, 0.3) is 0 Å². The minimum Gasteiger partial charge on any atom is -0.444 e. The number of rotatable bonds is 2. The minimum atomic E-state index is -0.610. The summed E-state index contributed by atoms with van der Waals surface area (Å²) in [4.78, 5) is 29.3. The van der Waals surface area contributed by atoms with Crippen LogP contribution in [-0.2, 0) is 9.53 Å². The Morgan fingerprint density at radius 1 is 1.06 bits per heavy atom. The molecule has 2 aromatic carbocycles. The molecule has 2 saturated heterocycles. The molecule has 0 bridgehead atoms. The average Bonchev–Trinajstić information content (AvgIpc) is 2.72. The van der Waals surface area contributed by atoms with Crippen LogP contribution < -0.4 is 4.90 Å². The van der Waals surface area contributed by atoms with Crippen molar-refractivity contribution in [2.75, 3.05) is 18.0 Å². The van der Waals surface area contributed by atoms with Crippen LogP contribution in [0, 0.1) is 11.2 Å². The number of amides is 2. The lowest BCUT2D eigenvalue weighted by Gasteiger charge is -2.58. The van der Waals surface area contributed by atoms with E-state index in [-0.39, 0.29) is 23.9 Å². The van der Waals surface area contributed by atoms with Gasteiger partial charge in [0.05, 0.1) is 11.5 Å². The van der Waals surface area contributed by atoms with Gasteiger partial charge in [-0.2, -0.15) is 0 Å². The number of halogens is 2. The van der Waals surface area contributed by atoms with Crippen LogP contribution in [0.15, 0.2) is 48.5 Å². The molecule has 5 nitrogen and oxygen atoms in total. The molecule has 31 heavy (non-hydrogen) atoms. The van der Waals surface area contributed by atoms with E-state index in [4.69, 9.17) is 16.3 Å². The smallest absolute Gasteiger partial charge is 0.410 e. The van der Waals surface area contributed by atoms with Crippen LogP contribution in [0.3, 0.4) is 0 Å². The van der Waals surface area contributed by atoms with Crippen molar-refractivity contribution in [2.45, 2.75) is 45.3 Å². The summed E-state index contributed by atoms with van der Waals surface area (Å²) >= 11 is 6.08. The second-order valence-electron chi connectivity index (χ2n) is 9.23. The fraction of sp³-hybridized carbons (Fsp3) is 0.417. The lowest BCUT2D eigenvalue weighted by Crippen LogP contribution is -2.67. The molecule has 2 amide bonds. The Morgan fingerprint density at radius 2 is 1.65 bits per heavy atom. The maximum atomic E-state index is 13.5. The number of carbonyl (C=O) groups excluding carboxylic acids is 2. The van der Waals surface area contributed by atoms with E-state index in [0.717, 1.165) is 5.56 Å². The van der Waals surface area contributed by atoms with Crippen LogP contribution in [0.5, 0.6) is 0 Å². The molecule has 2 fully saturated rings. The Kier molecular flexibility index (Phi) is 5.46. The number of nitrogens with zero attached hydrogens (tertiary/aromatic N) is 2. The molecule has 7 heteroatoms. The molecule has 2 aliphatic heterocycles. The van der Waals surface area contributed by atoms with Crippen molar-refractivity contribution in [2.24, 2.45) is 5.41 Å². The van der Waals surface area contributed by atoms with E-state index in [0.29, 0.717) is 36.6 Å². The third-order valence-electron chi connectivity index (χ3n) is 6.02. The zero-order chi connectivity index (χ0) is 22.4. The predicted molar refractivity (Wildman–Crippen MR) is 118 cm³/mol. The molecule has 4 rings (SSSR count). The number of hydrogen-bond donors (Lipinski definition) is 0. The van der Waals surface area contributed by atoms with E-state index >= 15 is 0 Å². The molecule has 0 aliphatic carbocycles. The zero-order valence-electron chi connectivity index (χ0n) is 17.9. The van der Waals surface area contributed by atoms with Gasteiger partial charge in [0.2, 0.25) is 5.91 Å². The van der Waals surface area contributed by atoms with Gasteiger partial charge in [-0.25, -0.2) is 9.18 Å². The van der Waals surface area contributed by atoms with E-state index in [9.17, 15) is 14.0 Å². The van der Waals surface area contributed by atoms with E-state index in [1.54, 1.807) is 21.9 Å². The monoisotopic (exact) mass is 444 g/mol. The Balaban J connectivity index is 1.61. The van der Waals surface area contributed by atoms with Gasteiger partial charge in [0, 0.05) is 23.8 Å². The first-order chi connectivity index (χ1) is 14.6. The fourth-order valence-corrected chi connectivity index (χ4v) is 4.66. The summed E-state index contributed by atoms with van der Waals surface area (Å²) in [5.41, 5.74) is 0.454. The van der Waals surface area contributed by atoms with Gasteiger partial charge in [-0.05, 0) is 75.6 Å². The maximum Gasteiger partial charge on any atom is 0.410 e. The molecular formula is C24H26ClFN2O3. The largest absolute Gasteiger partial charge is 0.444 e. The highest BCUT2D eigenvalue weighted by atomic mass is 35.5. The van der Waals surface area contributed by atoms with Gasteiger partial charge in [0.1, 0.15) is 11.4 Å². The zero-order valence-corrected chi connectivity index (χ0v) is 18.7. The highest BCUT2D eigenvalue weighted by Crippen LogP contribution is 2.57. The topological polar surface area (TPSA) is 49.9 Å². The lowest BCUT2D eigenvalue weighted by molar-refractivity contribution is -0.144. The molecule has 0 radical (unpaired) electrons. The summed E-state index contributed by atoms with van der Waals surface area (Å²) in [6.07, 6.45) is 0.721. The van der Waals surface area contributed by atoms with E-state index < -0.39 is 11.0 Å². The SMILES string of the molecule is CC(C)(C)OC(=O)N1CCC2(CC1)C(=O)N(c1ccc(F)cc1)C2c1ccc(Cl)cc1. The number of ether oxygens (including phenoxy) is 1. The first kappa shape index (κ1) is 21.6. The third kappa shape index (κ3) is 4.01. The fourth-order valence-electron chi connectivity index (χ4n) is 4.54. The molecule has 2 heterocycles. The number of benzene rings is 2. The third-order valence-corrected chi connectivity index (χ3v) is 6.28. The van der Waals surface area contributed by atoms with Gasteiger partial charge < -0.3 is 14.5 Å². The Labute approximate surface area is 186 Å². The van der Waals surface area contributed by atoms with E-state index in [1.165, 1.54) is 12.1 Å². The van der Waals surface area contributed by atoms with Crippen molar-refractivity contribution in [3.63, 3.8) is 0 Å². The average molecular weight is 445 g/mol. The highest BCUT2D eigenvalue weighted by Gasteiger charge is 2.62. The highest BCUT2D eigenvalue weighted by molar-refractivity contribution is 6.30. The van der Waals surface area contributed by atoms with Gasteiger partial charge in [-0.1, -0.05) is 23.7 Å². The molecule has 2 aliphatic rings. The summed E-state index contributed by atoms with van der Waals surface area (Å²) in [5, 5.41) is 0.622. The molecule has 1 spiro atoms. The van der Waals surface area contributed by atoms with Crippen LogP contribution in [-0.4, -0.2) is 35.6 Å². The number of β-lactam (4-membered cyclic amide) rings is 1. The van der Waals surface area contributed by atoms with Gasteiger partial charge in [0.15, 0.2) is 0 Å². The second kappa shape index (κ2) is 7.83. The summed E-state index contributed by atoms with van der Waals surface area (Å²) in [7, 11) is 0. The molecule has 0 aromatic heterocycles. The van der Waals surface area contributed by atoms with Crippen LogP contribution >= 0.6 is 11.6 Å². The molecule has 0 saturated carbocycles. The minimum absolute atomic E-state index is 0.00268. The molecule has 1 unspecified atom stereocenters. The summed E-state index contributed by atoms with van der Waals surface area (Å²) in [6.45, 7) is 6.40. The van der Waals surface area contributed by atoms with Crippen LogP contribution in [0.2, 0.25) is 5.02 Å². The van der Waals surface area contributed by atoms with Gasteiger partial charge >= 0.3 is 6.09 Å². The van der Waals surface area contributed by atoms with Crippen molar-refractivity contribution >= 4 is 29.3 Å². The first-order valence-corrected chi connectivity index (χ1v) is 10.8. The standard InChI is InChI=1S/C24H26ClFN2O3/c1-23(2,3)31-22(30)27-14-12-24(13-15-27)20(16-4-6-17(25)7-5-16)28(21(24)29)19-10-8-18(26)9-11-19/h4-11,20H,12-15H2,1-3H3. The number of hydrogen-bond acceptors (Lipinski definition) is 3. The van der Waals surface area contributed by atoms with Gasteiger partial charge in [-0.3, -0.25) is 4.79 Å². The summed E-state index contributed by atoms with van der Waals surface area (Å²) in [6, 6.07) is 13.2. The van der Waals surface area contributed by atoms with Crippen molar-refractivity contribution in [1.29, 1.82) is 0 Å². The Hall–Kier alpha value is -2.60. The summed E-state index contributed by atoms with van der Waals surface area (Å²) < 4.78 is 18.9. The van der Waals surface area contributed by atoms with E-state index in [1.807, 2.05) is 45.0 Å². The lowest BCUT2D eigenvalue weighted by atomic mass is 9.62. The van der Waals surface area contributed by atoms with Crippen molar-refractivity contribution < 1.29 is 18.7 Å². The molecule has 1 atom stereocenters. The number of anilines is 1. The quantitative estimate of drug-likeness (QED) is 0.568. The number of likely N-dealkylation sites (tertiary alicyclic amines) is 1. The molecular weight excluding hydrogens is 419 g/mol. The molecule has 0 N–H and O–H groups in total. The van der Waals surface area contributed by atoms with Crippen LogP contribution in [0.4, 0.5) is 14.9 Å². The van der Waals surface area contributed by atoms with Crippen molar-refractivity contribution in [3.8, 4) is 0 Å². The predicted octanol–water partition coefficient (Wildman–Crippen LogP) is 5.58. The van der Waals surface area contributed by atoms with Crippen molar-refractivity contribution in [3.05, 3.63) is 64.9 Å².